The van der Waals surface area contributed by atoms with Gasteiger partial charge in [0.1, 0.15) is 5.21 Å². The minimum absolute atomic E-state index is 0.0399. The number of rotatable bonds is 5. The number of anilines is 1. The van der Waals surface area contributed by atoms with Gasteiger partial charge in [-0.15, -0.1) is 15.5 Å². The third kappa shape index (κ3) is 3.43. The van der Waals surface area contributed by atoms with Crippen molar-refractivity contribution in [2.24, 2.45) is 0 Å². The molecule has 0 spiro atoms. The van der Waals surface area contributed by atoms with Crippen LogP contribution in [0.5, 0.6) is 0 Å². The Labute approximate surface area is 127 Å². The van der Waals surface area contributed by atoms with Crippen LogP contribution in [0.15, 0.2) is 24.3 Å². The number of hydrogen-bond donors (Lipinski definition) is 0. The molecule has 0 fully saturated rings. The monoisotopic (exact) mass is 364 g/mol. The van der Waals surface area contributed by atoms with Crippen molar-refractivity contribution in [3.8, 4) is 0 Å². The molecular weight excluding hydrogens is 350 g/mol. The number of alkyl halides is 1. The summed E-state index contributed by atoms with van der Waals surface area (Å²) in [5.41, 5.74) is 0.651. The van der Waals surface area contributed by atoms with Gasteiger partial charge in [-0.05, 0) is 19.1 Å². The van der Waals surface area contributed by atoms with Gasteiger partial charge in [0.15, 0.2) is 8.85 Å². The lowest BCUT2D eigenvalue weighted by molar-refractivity contribution is 0.520. The van der Waals surface area contributed by atoms with E-state index in [1.807, 2.05) is 0 Å². The molecule has 0 aliphatic heterocycles. The Morgan fingerprint density at radius 1 is 1.25 bits per heavy atom. The molecule has 0 aliphatic rings. The Bertz CT molecular complexity index is 656. The van der Waals surface area contributed by atoms with Crippen LogP contribution in [0.1, 0.15) is 5.56 Å². The van der Waals surface area contributed by atoms with Crippen molar-refractivity contribution in [1.29, 1.82) is 0 Å². The summed E-state index contributed by atoms with van der Waals surface area (Å²) >= 11 is 5.33. The maximum absolute atomic E-state index is 14.5. The fraction of sp³-hybridized carbons (Fsp3) is 0.400. The van der Waals surface area contributed by atoms with E-state index >= 15 is 0 Å². The number of halogens is 3. The zero-order valence-corrected chi connectivity index (χ0v) is 14.2. The van der Waals surface area contributed by atoms with Crippen LogP contribution < -0.4 is 3.71 Å². The Hall–Kier alpha value is -0.410. The van der Waals surface area contributed by atoms with E-state index in [1.165, 1.54) is 26.2 Å². The second kappa shape index (κ2) is 5.42. The number of benzene rings is 1. The van der Waals surface area contributed by atoms with Crippen LogP contribution in [-0.4, -0.2) is 36.2 Å². The second-order valence-electron chi connectivity index (χ2n) is 4.32. The molecule has 1 aromatic rings. The van der Waals surface area contributed by atoms with Crippen molar-refractivity contribution >= 4 is 47.0 Å². The lowest BCUT2D eigenvalue weighted by Crippen LogP contribution is -2.51. The molecule has 0 aromatic heterocycles. The molecule has 0 unspecified atom stereocenters. The van der Waals surface area contributed by atoms with Crippen LogP contribution in [0.2, 0.25) is 0 Å². The Kier molecular flexibility index (Phi) is 4.78. The molecular formula is C10H15Cl2FN2O3S2. The van der Waals surface area contributed by atoms with Crippen LogP contribution in [0.25, 0.3) is 0 Å². The van der Waals surface area contributed by atoms with Crippen LogP contribution in [0.4, 0.5) is 9.57 Å². The quantitative estimate of drug-likeness (QED) is 0.595. The first-order valence-electron chi connectivity index (χ1n) is 5.35. The maximum atomic E-state index is 14.5. The van der Waals surface area contributed by atoms with Gasteiger partial charge in [-0.25, -0.2) is 4.21 Å². The molecule has 0 heterocycles. The van der Waals surface area contributed by atoms with E-state index in [4.69, 9.17) is 22.3 Å². The minimum Gasteiger partial charge on any atom is -0.215 e. The highest BCUT2D eigenvalue weighted by Crippen LogP contribution is 2.44. The average Bonchev–Trinajstić information content (AvgIpc) is 2.31. The molecule has 0 aliphatic carbocycles. The molecule has 0 radical (unpaired) electrons. The third-order valence-electron chi connectivity index (χ3n) is 2.40. The number of aryl methyl sites for hydroxylation is 1. The fourth-order valence-corrected chi connectivity index (χ4v) is 5.97. The lowest BCUT2D eigenvalue weighted by atomic mass is 10.2. The minimum atomic E-state index is -5.78. The molecule has 1 rings (SSSR count). The number of hydrogen-bond acceptors (Lipinski definition) is 3. The predicted molar refractivity (Wildman–Crippen MR) is 82.1 cm³/mol. The molecule has 0 bridgehead atoms. The SMILES string of the molecule is Cc1ccc(N(S(=O)(=O)N(C)C)S(=O)(F)(Cl)CCl)cc1. The van der Waals surface area contributed by atoms with Crippen molar-refractivity contribution in [3.05, 3.63) is 29.8 Å². The average molecular weight is 365 g/mol. The van der Waals surface area contributed by atoms with Gasteiger partial charge in [0.05, 0.1) is 5.69 Å². The Balaban J connectivity index is 3.62. The largest absolute Gasteiger partial charge is 0.316 e. The van der Waals surface area contributed by atoms with Gasteiger partial charge in [-0.1, -0.05) is 17.7 Å². The van der Waals surface area contributed by atoms with E-state index in [2.05, 4.69) is 0 Å². The zero-order chi connectivity index (χ0) is 15.8. The van der Waals surface area contributed by atoms with Crippen LogP contribution in [0, 0.1) is 6.92 Å². The summed E-state index contributed by atoms with van der Waals surface area (Å²) in [7, 11) is -2.44. The van der Waals surface area contributed by atoms with Gasteiger partial charge in [0, 0.05) is 24.8 Å². The fourth-order valence-electron chi connectivity index (χ4n) is 1.37. The molecule has 10 heteroatoms. The number of nitrogens with zero attached hydrogens (tertiary/aromatic N) is 2. The first-order valence-corrected chi connectivity index (χ1v) is 10.1. The summed E-state index contributed by atoms with van der Waals surface area (Å²) in [6.45, 7) is 1.77. The van der Waals surface area contributed by atoms with Crippen molar-refractivity contribution in [1.82, 2.24) is 4.31 Å². The standard InChI is InChI=1S/C10H15Cl2FN2O3S2/c1-9-4-6-10(7-5-9)15(19(16,17)14(2)3)20(12,13,18)8-11/h4-7H,8H2,1-3H3. The summed E-state index contributed by atoms with van der Waals surface area (Å²) in [6, 6.07) is 5.69. The van der Waals surface area contributed by atoms with Gasteiger partial charge < -0.3 is 0 Å². The molecule has 0 saturated carbocycles. The van der Waals surface area contributed by atoms with E-state index in [9.17, 15) is 16.5 Å². The summed E-state index contributed by atoms with van der Waals surface area (Å²) < 4.78 is 51.9. The molecule has 5 nitrogen and oxygen atoms in total. The molecule has 20 heavy (non-hydrogen) atoms. The highest BCUT2D eigenvalue weighted by atomic mass is 35.7. The Morgan fingerprint density at radius 2 is 1.70 bits per heavy atom. The molecule has 116 valence electrons. The van der Waals surface area contributed by atoms with E-state index in [1.54, 1.807) is 19.1 Å². The normalized spacial score (nSPS) is 14.8. The van der Waals surface area contributed by atoms with Gasteiger partial charge in [0.2, 0.25) is 0 Å². The summed E-state index contributed by atoms with van der Waals surface area (Å²) in [5, 5.41) is -1.18. The van der Waals surface area contributed by atoms with Crippen molar-refractivity contribution in [3.63, 3.8) is 0 Å². The van der Waals surface area contributed by atoms with E-state index < -0.39 is 24.3 Å². The predicted octanol–water partition coefficient (Wildman–Crippen LogP) is 2.58. The third-order valence-corrected chi connectivity index (χ3v) is 9.05. The highest BCUT2D eigenvalue weighted by Gasteiger charge is 2.48. The molecule has 0 N–H and O–H groups in total. The van der Waals surface area contributed by atoms with Gasteiger partial charge >= 0.3 is 10.2 Å². The Morgan fingerprint density at radius 3 is 2.05 bits per heavy atom. The summed E-state index contributed by atoms with van der Waals surface area (Å²) in [4.78, 5) is 0. The zero-order valence-electron chi connectivity index (χ0n) is 11.1. The molecule has 0 saturated heterocycles. The highest BCUT2D eigenvalue weighted by molar-refractivity contribution is 8.40. The smallest absolute Gasteiger partial charge is 0.215 e. The lowest BCUT2D eigenvalue weighted by Gasteiger charge is -2.38. The topological polar surface area (TPSA) is 57.7 Å². The molecule has 0 amide bonds. The maximum Gasteiger partial charge on any atom is 0.316 e. The van der Waals surface area contributed by atoms with Gasteiger partial charge in [-0.2, -0.15) is 16.4 Å². The van der Waals surface area contributed by atoms with E-state index in [0.29, 0.717) is 4.31 Å². The van der Waals surface area contributed by atoms with E-state index in [0.717, 1.165) is 5.56 Å². The first-order chi connectivity index (χ1) is 8.90. The summed E-state index contributed by atoms with van der Waals surface area (Å²) in [6.07, 6.45) is 0. The van der Waals surface area contributed by atoms with Crippen LogP contribution in [-0.2, 0) is 19.1 Å². The van der Waals surface area contributed by atoms with Gasteiger partial charge in [-0.3, -0.25) is 0 Å². The molecule has 0 atom stereocenters. The van der Waals surface area contributed by atoms with Crippen LogP contribution in [0.3, 0.4) is 0 Å². The van der Waals surface area contributed by atoms with Crippen molar-refractivity contribution < 1.29 is 16.5 Å². The summed E-state index contributed by atoms with van der Waals surface area (Å²) in [5.74, 6) is 0. The molecule has 1 aromatic carbocycles. The first kappa shape index (κ1) is 17.6. The van der Waals surface area contributed by atoms with Crippen molar-refractivity contribution in [2.45, 2.75) is 6.92 Å². The second-order valence-corrected chi connectivity index (χ2v) is 11.3. The van der Waals surface area contributed by atoms with Crippen LogP contribution >= 0.6 is 22.3 Å². The van der Waals surface area contributed by atoms with Crippen molar-refractivity contribution in [2.75, 3.05) is 23.0 Å². The van der Waals surface area contributed by atoms with E-state index in [-0.39, 0.29) is 9.40 Å². The van der Waals surface area contributed by atoms with Gasteiger partial charge in [0.25, 0.3) is 0 Å².